The maximum Gasteiger partial charge on any atom is 0.415 e. The number of hydrogen-bond donors (Lipinski definition) is 2. The highest BCUT2D eigenvalue weighted by molar-refractivity contribution is 7.99. The number of carbonyl (C=O) groups is 2. The Bertz CT molecular complexity index is 576. The van der Waals surface area contributed by atoms with Crippen LogP contribution in [0.2, 0.25) is 0 Å². The number of thioether (sulfide) groups is 1. The number of cyclic esters (lactones) is 1. The number of aliphatic carboxylic acids is 1. The van der Waals surface area contributed by atoms with Crippen LogP contribution in [0.5, 0.6) is 0 Å². The first-order valence-corrected chi connectivity index (χ1v) is 8.20. The molecule has 2 fully saturated rings. The SMILES string of the molecule is O=C(O)[C@H]1CN(c2ccc([C@@H]3CCS[C@@H](O)C3)cc2)C(=O)O1. The van der Waals surface area contributed by atoms with E-state index in [0.29, 0.717) is 11.6 Å². The summed E-state index contributed by atoms with van der Waals surface area (Å²) < 4.78 is 4.80. The van der Waals surface area contributed by atoms with Gasteiger partial charge in [-0.05, 0) is 42.2 Å². The van der Waals surface area contributed by atoms with Crippen molar-refractivity contribution < 1.29 is 24.5 Å². The highest BCUT2D eigenvalue weighted by atomic mass is 32.2. The maximum absolute atomic E-state index is 11.7. The van der Waals surface area contributed by atoms with Crippen LogP contribution in [0.4, 0.5) is 10.5 Å². The summed E-state index contributed by atoms with van der Waals surface area (Å²) in [5.74, 6) is 0.121. The van der Waals surface area contributed by atoms with Gasteiger partial charge < -0.3 is 14.9 Å². The number of nitrogens with zero attached hydrogens (tertiary/aromatic N) is 1. The van der Waals surface area contributed by atoms with Gasteiger partial charge in [-0.3, -0.25) is 4.90 Å². The van der Waals surface area contributed by atoms with Crippen molar-refractivity contribution in [1.82, 2.24) is 0 Å². The highest BCUT2D eigenvalue weighted by Crippen LogP contribution is 2.35. The van der Waals surface area contributed by atoms with Gasteiger partial charge in [0.15, 0.2) is 0 Å². The molecule has 2 saturated heterocycles. The van der Waals surface area contributed by atoms with Gasteiger partial charge in [-0.15, -0.1) is 11.8 Å². The lowest BCUT2D eigenvalue weighted by Crippen LogP contribution is -2.27. The number of benzene rings is 1. The van der Waals surface area contributed by atoms with Gasteiger partial charge in [-0.1, -0.05) is 12.1 Å². The van der Waals surface area contributed by atoms with E-state index in [9.17, 15) is 14.7 Å². The number of carbonyl (C=O) groups excluding carboxylic acids is 1. The molecule has 0 saturated carbocycles. The van der Waals surface area contributed by atoms with Gasteiger partial charge in [0.25, 0.3) is 0 Å². The van der Waals surface area contributed by atoms with Crippen LogP contribution in [0.1, 0.15) is 24.3 Å². The molecule has 2 N–H and O–H groups in total. The lowest BCUT2D eigenvalue weighted by molar-refractivity contribution is -0.144. The van der Waals surface area contributed by atoms with Crippen LogP contribution < -0.4 is 4.90 Å². The first-order valence-electron chi connectivity index (χ1n) is 7.15. The third-order valence-electron chi connectivity index (χ3n) is 4.03. The summed E-state index contributed by atoms with van der Waals surface area (Å²) in [7, 11) is 0. The van der Waals surface area contributed by atoms with E-state index < -0.39 is 18.2 Å². The van der Waals surface area contributed by atoms with Crippen molar-refractivity contribution >= 4 is 29.5 Å². The predicted molar refractivity (Wildman–Crippen MR) is 82.1 cm³/mol. The third-order valence-corrected chi connectivity index (χ3v) is 5.07. The molecule has 1 amide bonds. The zero-order valence-electron chi connectivity index (χ0n) is 11.8. The molecule has 0 aromatic heterocycles. The highest BCUT2D eigenvalue weighted by Gasteiger charge is 2.37. The first kappa shape index (κ1) is 15.2. The van der Waals surface area contributed by atoms with Gasteiger partial charge in [0.2, 0.25) is 6.10 Å². The summed E-state index contributed by atoms with van der Waals surface area (Å²) in [5, 5.41) is 18.6. The minimum atomic E-state index is -1.14. The smallest absolute Gasteiger partial charge is 0.415 e. The first-order chi connectivity index (χ1) is 10.5. The number of anilines is 1. The number of rotatable bonds is 3. The Balaban J connectivity index is 1.71. The normalized spacial score (nSPS) is 28.5. The van der Waals surface area contributed by atoms with Gasteiger partial charge >= 0.3 is 12.1 Å². The van der Waals surface area contributed by atoms with Crippen molar-refractivity contribution in [3.63, 3.8) is 0 Å². The van der Waals surface area contributed by atoms with Crippen molar-refractivity contribution in [2.75, 3.05) is 17.2 Å². The lowest BCUT2D eigenvalue weighted by Gasteiger charge is -2.26. The number of aliphatic hydroxyl groups excluding tert-OH is 1. The maximum atomic E-state index is 11.7. The molecular formula is C15H17NO5S. The summed E-state index contributed by atoms with van der Waals surface area (Å²) >= 11 is 1.57. The van der Waals surface area contributed by atoms with Gasteiger partial charge in [0.05, 0.1) is 12.0 Å². The second-order valence-corrected chi connectivity index (χ2v) is 6.75. The monoisotopic (exact) mass is 323 g/mol. The number of carboxylic acid groups (broad SMARTS) is 1. The van der Waals surface area contributed by atoms with E-state index in [1.165, 1.54) is 4.90 Å². The average Bonchev–Trinajstić information content (AvgIpc) is 2.90. The molecule has 7 heteroatoms. The molecule has 1 aromatic rings. The molecule has 22 heavy (non-hydrogen) atoms. The van der Waals surface area contributed by atoms with E-state index in [-0.39, 0.29) is 12.0 Å². The van der Waals surface area contributed by atoms with Gasteiger partial charge in [-0.25, -0.2) is 9.59 Å². The summed E-state index contributed by atoms with van der Waals surface area (Å²) in [6.07, 6.45) is 0.00690. The predicted octanol–water partition coefficient (Wildman–Crippen LogP) is 2.03. The van der Waals surface area contributed by atoms with Gasteiger partial charge in [0, 0.05) is 5.69 Å². The minimum Gasteiger partial charge on any atom is -0.478 e. The lowest BCUT2D eigenvalue weighted by atomic mass is 9.93. The quantitative estimate of drug-likeness (QED) is 0.885. The zero-order chi connectivity index (χ0) is 15.7. The van der Waals surface area contributed by atoms with Crippen LogP contribution in [0.3, 0.4) is 0 Å². The molecule has 6 nitrogen and oxygen atoms in total. The van der Waals surface area contributed by atoms with Crippen LogP contribution in [-0.2, 0) is 9.53 Å². The Labute approximate surface area is 132 Å². The van der Waals surface area contributed by atoms with Crippen LogP contribution in [0, 0.1) is 0 Å². The summed E-state index contributed by atoms with van der Waals surface area (Å²) in [6, 6.07) is 7.47. The summed E-state index contributed by atoms with van der Waals surface area (Å²) in [4.78, 5) is 23.9. The largest absolute Gasteiger partial charge is 0.478 e. The van der Waals surface area contributed by atoms with Crippen LogP contribution in [0.15, 0.2) is 24.3 Å². The van der Waals surface area contributed by atoms with Crippen LogP contribution >= 0.6 is 11.8 Å². The van der Waals surface area contributed by atoms with Crippen molar-refractivity contribution in [1.29, 1.82) is 0 Å². The number of ether oxygens (including phenoxy) is 1. The van der Waals surface area contributed by atoms with Gasteiger partial charge in [-0.2, -0.15) is 0 Å². The second kappa shape index (κ2) is 6.18. The topological polar surface area (TPSA) is 87.1 Å². The molecule has 0 bridgehead atoms. The molecule has 0 spiro atoms. The Morgan fingerprint density at radius 2 is 2.05 bits per heavy atom. The van der Waals surface area contributed by atoms with E-state index >= 15 is 0 Å². The van der Waals surface area contributed by atoms with E-state index in [1.54, 1.807) is 23.9 Å². The van der Waals surface area contributed by atoms with Crippen LogP contribution in [0.25, 0.3) is 0 Å². The Kier molecular flexibility index (Phi) is 4.26. The zero-order valence-corrected chi connectivity index (χ0v) is 12.7. The van der Waals surface area contributed by atoms with Crippen molar-refractivity contribution in [2.45, 2.75) is 30.3 Å². The summed E-state index contributed by atoms with van der Waals surface area (Å²) in [6.45, 7) is 0.0201. The molecule has 3 rings (SSSR count). The molecule has 0 unspecified atom stereocenters. The molecule has 0 aliphatic carbocycles. The molecule has 118 valence electrons. The number of amides is 1. The average molecular weight is 323 g/mol. The van der Waals surface area contributed by atoms with E-state index in [4.69, 9.17) is 9.84 Å². The molecule has 2 aliphatic rings. The standard InChI is InChI=1S/C15H17NO5S/c17-13-7-10(5-6-22-13)9-1-3-11(4-2-9)16-8-12(14(18)19)21-15(16)20/h1-4,10,12-13,17H,5-8H2,(H,18,19)/t10-,12-,13-/m1/s1. The summed E-state index contributed by atoms with van der Waals surface area (Å²) in [5.41, 5.74) is 1.44. The third kappa shape index (κ3) is 3.05. The number of carboxylic acids is 1. The molecule has 0 radical (unpaired) electrons. The minimum absolute atomic E-state index is 0.0201. The molecule has 3 atom stereocenters. The fraction of sp³-hybridized carbons (Fsp3) is 0.467. The molecule has 2 aliphatic heterocycles. The Morgan fingerprint density at radius 3 is 2.64 bits per heavy atom. The number of aliphatic hydroxyl groups is 1. The number of hydrogen-bond acceptors (Lipinski definition) is 5. The fourth-order valence-corrected chi connectivity index (χ4v) is 3.87. The van der Waals surface area contributed by atoms with Crippen molar-refractivity contribution in [2.24, 2.45) is 0 Å². The fourth-order valence-electron chi connectivity index (χ4n) is 2.81. The second-order valence-electron chi connectivity index (χ2n) is 5.46. The molecule has 1 aromatic carbocycles. The van der Waals surface area contributed by atoms with Crippen molar-refractivity contribution in [3.05, 3.63) is 29.8 Å². The van der Waals surface area contributed by atoms with Crippen LogP contribution in [-0.4, -0.2) is 46.1 Å². The van der Waals surface area contributed by atoms with Crippen molar-refractivity contribution in [3.8, 4) is 0 Å². The molecule has 2 heterocycles. The molecular weight excluding hydrogens is 306 g/mol. The van der Waals surface area contributed by atoms with E-state index in [2.05, 4.69) is 0 Å². The Hall–Kier alpha value is -1.73. The van der Waals surface area contributed by atoms with E-state index in [1.807, 2.05) is 12.1 Å². The van der Waals surface area contributed by atoms with Gasteiger partial charge in [0.1, 0.15) is 0 Å². The van der Waals surface area contributed by atoms with E-state index in [0.717, 1.165) is 24.2 Å². The Morgan fingerprint density at radius 1 is 1.32 bits per heavy atom.